The summed E-state index contributed by atoms with van der Waals surface area (Å²) in [6, 6.07) is 14.0. The predicted molar refractivity (Wildman–Crippen MR) is 94.5 cm³/mol. The molecule has 0 radical (unpaired) electrons. The molecule has 0 spiro atoms. The summed E-state index contributed by atoms with van der Waals surface area (Å²) >= 11 is 9.17. The van der Waals surface area contributed by atoms with Crippen molar-refractivity contribution in [1.29, 1.82) is 0 Å². The minimum absolute atomic E-state index is 0.248. The zero-order valence-corrected chi connectivity index (χ0v) is 14.7. The monoisotopic (exact) mass is 392 g/mol. The molecule has 5 heteroatoms. The molecule has 0 saturated carbocycles. The molecule has 0 bridgehead atoms. The van der Waals surface area contributed by atoms with Crippen molar-refractivity contribution in [3.63, 3.8) is 0 Å². The van der Waals surface area contributed by atoms with E-state index in [-0.39, 0.29) is 5.78 Å². The standard InChI is InChI=1S/C18H14BrClO3/c1-12(18(22)14-6-8-15(19)9-7-14)23-17(21)10-5-13-3-2-4-16(20)11-13/h2-12H,1H3/b10-5+/t12-/m1/s1. The molecule has 0 saturated heterocycles. The molecule has 118 valence electrons. The van der Waals surface area contributed by atoms with Crippen LogP contribution >= 0.6 is 27.5 Å². The van der Waals surface area contributed by atoms with E-state index in [2.05, 4.69) is 15.9 Å². The summed E-state index contributed by atoms with van der Waals surface area (Å²) in [5.41, 5.74) is 1.27. The van der Waals surface area contributed by atoms with Gasteiger partial charge in [0.15, 0.2) is 6.10 Å². The highest BCUT2D eigenvalue weighted by Gasteiger charge is 2.18. The third-order valence-corrected chi connectivity index (χ3v) is 3.82. The minimum Gasteiger partial charge on any atom is -0.451 e. The first kappa shape index (κ1) is 17.4. The average molecular weight is 394 g/mol. The molecular weight excluding hydrogens is 380 g/mol. The lowest BCUT2D eigenvalue weighted by atomic mass is 10.1. The first-order valence-electron chi connectivity index (χ1n) is 6.90. The van der Waals surface area contributed by atoms with Gasteiger partial charge in [-0.2, -0.15) is 0 Å². The van der Waals surface area contributed by atoms with Gasteiger partial charge in [0.05, 0.1) is 0 Å². The molecule has 0 amide bonds. The number of hydrogen-bond acceptors (Lipinski definition) is 3. The number of carbonyl (C=O) groups excluding carboxylic acids is 2. The Bertz CT molecular complexity index is 738. The van der Waals surface area contributed by atoms with Crippen LogP contribution in [0.25, 0.3) is 6.08 Å². The molecule has 1 atom stereocenters. The number of rotatable bonds is 5. The fourth-order valence-corrected chi connectivity index (χ4v) is 2.35. The van der Waals surface area contributed by atoms with Gasteiger partial charge in [-0.15, -0.1) is 0 Å². The van der Waals surface area contributed by atoms with Crippen molar-refractivity contribution in [2.45, 2.75) is 13.0 Å². The maximum atomic E-state index is 12.2. The molecule has 2 rings (SSSR count). The molecule has 2 aromatic rings. The van der Waals surface area contributed by atoms with Gasteiger partial charge in [-0.05, 0) is 42.8 Å². The van der Waals surface area contributed by atoms with Crippen molar-refractivity contribution < 1.29 is 14.3 Å². The lowest BCUT2D eigenvalue weighted by Gasteiger charge is -2.10. The first-order chi connectivity index (χ1) is 11.0. The van der Waals surface area contributed by atoms with Crippen LogP contribution in [0.15, 0.2) is 59.1 Å². The quantitative estimate of drug-likeness (QED) is 0.411. The molecule has 23 heavy (non-hydrogen) atoms. The Morgan fingerprint density at radius 2 is 1.87 bits per heavy atom. The summed E-state index contributed by atoms with van der Waals surface area (Å²) in [6.07, 6.45) is 2.01. The zero-order valence-electron chi connectivity index (χ0n) is 12.3. The van der Waals surface area contributed by atoms with Gasteiger partial charge in [-0.25, -0.2) is 4.79 Å². The largest absolute Gasteiger partial charge is 0.451 e. The van der Waals surface area contributed by atoms with Gasteiger partial charge in [-0.3, -0.25) is 4.79 Å². The maximum absolute atomic E-state index is 12.2. The summed E-state index contributed by atoms with van der Waals surface area (Å²) in [5, 5.41) is 0.583. The number of halogens is 2. The van der Waals surface area contributed by atoms with Crippen LogP contribution in [0.2, 0.25) is 5.02 Å². The van der Waals surface area contributed by atoms with Gasteiger partial charge in [-0.1, -0.05) is 51.8 Å². The number of hydrogen-bond donors (Lipinski definition) is 0. The second kappa shape index (κ2) is 8.09. The van der Waals surface area contributed by atoms with Crippen LogP contribution in [0.1, 0.15) is 22.8 Å². The first-order valence-corrected chi connectivity index (χ1v) is 8.07. The smallest absolute Gasteiger partial charge is 0.331 e. The lowest BCUT2D eigenvalue weighted by molar-refractivity contribution is -0.140. The third-order valence-electron chi connectivity index (χ3n) is 3.05. The van der Waals surface area contributed by atoms with E-state index in [9.17, 15) is 9.59 Å². The number of ketones is 1. The Morgan fingerprint density at radius 3 is 2.52 bits per heavy atom. The highest BCUT2D eigenvalue weighted by Crippen LogP contribution is 2.14. The van der Waals surface area contributed by atoms with E-state index in [1.54, 1.807) is 55.5 Å². The SMILES string of the molecule is C[C@@H](OC(=O)/C=C/c1cccc(Cl)c1)C(=O)c1ccc(Br)cc1. The topological polar surface area (TPSA) is 43.4 Å². The van der Waals surface area contributed by atoms with Gasteiger partial charge >= 0.3 is 5.97 Å². The zero-order chi connectivity index (χ0) is 16.8. The van der Waals surface area contributed by atoms with E-state index >= 15 is 0 Å². The van der Waals surface area contributed by atoms with Gasteiger partial charge in [0.1, 0.15) is 0 Å². The minimum atomic E-state index is -0.854. The molecule has 0 heterocycles. The average Bonchev–Trinajstić information content (AvgIpc) is 2.53. The Labute approximate surface area is 148 Å². The number of carbonyl (C=O) groups is 2. The second-order valence-electron chi connectivity index (χ2n) is 4.84. The molecule has 0 fully saturated rings. The van der Waals surface area contributed by atoms with E-state index in [0.717, 1.165) is 10.0 Å². The predicted octanol–water partition coefficient (Wildman–Crippen LogP) is 4.93. The maximum Gasteiger partial charge on any atom is 0.331 e. The van der Waals surface area contributed by atoms with Crippen molar-refractivity contribution in [3.8, 4) is 0 Å². The summed E-state index contributed by atoms with van der Waals surface area (Å²) < 4.78 is 6.01. The summed E-state index contributed by atoms with van der Waals surface area (Å²) in [5.74, 6) is -0.829. The molecule has 0 N–H and O–H groups in total. The van der Waals surface area contributed by atoms with Crippen LogP contribution in [0.5, 0.6) is 0 Å². The summed E-state index contributed by atoms with van der Waals surface area (Å²) in [6.45, 7) is 1.55. The normalized spacial score (nSPS) is 12.1. The molecule has 0 aliphatic heterocycles. The van der Waals surface area contributed by atoms with E-state index < -0.39 is 12.1 Å². The third kappa shape index (κ3) is 5.34. The Hall–Kier alpha value is -1.91. The summed E-state index contributed by atoms with van der Waals surface area (Å²) in [4.78, 5) is 24.0. The Morgan fingerprint density at radius 1 is 1.17 bits per heavy atom. The number of ether oxygens (including phenoxy) is 1. The van der Waals surface area contributed by atoms with Crippen LogP contribution in [-0.4, -0.2) is 17.9 Å². The van der Waals surface area contributed by atoms with E-state index in [0.29, 0.717) is 10.6 Å². The van der Waals surface area contributed by atoms with Crippen molar-refractivity contribution >= 4 is 45.4 Å². The number of Topliss-reactive ketones (excluding diaryl/α,β-unsaturated/α-hetero) is 1. The van der Waals surface area contributed by atoms with Crippen LogP contribution in [0.3, 0.4) is 0 Å². The van der Waals surface area contributed by atoms with Gasteiger partial charge < -0.3 is 4.74 Å². The Kier molecular flexibility index (Phi) is 6.13. The molecule has 2 aromatic carbocycles. The van der Waals surface area contributed by atoms with Crippen molar-refractivity contribution in [1.82, 2.24) is 0 Å². The molecule has 0 aromatic heterocycles. The van der Waals surface area contributed by atoms with Crippen LogP contribution < -0.4 is 0 Å². The van der Waals surface area contributed by atoms with Crippen molar-refractivity contribution in [3.05, 3.63) is 75.2 Å². The van der Waals surface area contributed by atoms with Crippen molar-refractivity contribution in [2.24, 2.45) is 0 Å². The molecule has 0 unspecified atom stereocenters. The van der Waals surface area contributed by atoms with E-state index in [1.165, 1.54) is 6.08 Å². The summed E-state index contributed by atoms with van der Waals surface area (Å²) in [7, 11) is 0. The van der Waals surface area contributed by atoms with Crippen LogP contribution in [0, 0.1) is 0 Å². The number of benzene rings is 2. The fraction of sp³-hybridized carbons (Fsp3) is 0.111. The highest BCUT2D eigenvalue weighted by molar-refractivity contribution is 9.10. The molecular formula is C18H14BrClO3. The van der Waals surface area contributed by atoms with E-state index in [1.807, 2.05) is 6.07 Å². The number of esters is 1. The van der Waals surface area contributed by atoms with Crippen LogP contribution in [-0.2, 0) is 9.53 Å². The van der Waals surface area contributed by atoms with Gasteiger partial charge in [0.25, 0.3) is 0 Å². The molecule has 0 aliphatic rings. The second-order valence-corrected chi connectivity index (χ2v) is 6.19. The van der Waals surface area contributed by atoms with Crippen LogP contribution in [0.4, 0.5) is 0 Å². The highest BCUT2D eigenvalue weighted by atomic mass is 79.9. The molecule has 3 nitrogen and oxygen atoms in total. The van der Waals surface area contributed by atoms with E-state index in [4.69, 9.17) is 16.3 Å². The Balaban J connectivity index is 1.96. The van der Waals surface area contributed by atoms with Crippen molar-refractivity contribution in [2.75, 3.05) is 0 Å². The molecule has 0 aliphatic carbocycles. The van der Waals surface area contributed by atoms with Gasteiger partial charge in [0, 0.05) is 21.1 Å². The van der Waals surface area contributed by atoms with Gasteiger partial charge in [0.2, 0.25) is 5.78 Å². The lowest BCUT2D eigenvalue weighted by Crippen LogP contribution is -2.23. The fourth-order valence-electron chi connectivity index (χ4n) is 1.89.